The lowest BCUT2D eigenvalue weighted by Gasteiger charge is -2.32. The molecule has 1 fully saturated rings. The highest BCUT2D eigenvalue weighted by Gasteiger charge is 2.31. The van der Waals surface area contributed by atoms with Gasteiger partial charge in [0.15, 0.2) is 16.2 Å². The highest BCUT2D eigenvalue weighted by Crippen LogP contribution is 2.24. The zero-order valence-electron chi connectivity index (χ0n) is 13.9. The number of hydrogen-bond donors (Lipinski definition) is 0. The molecular formula is C17H24BrNO4. The molecule has 23 heavy (non-hydrogen) atoms. The molecule has 5 nitrogen and oxygen atoms in total. The molecule has 0 bridgehead atoms. The number of rotatable bonds is 3. The average molecular weight is 386 g/mol. The van der Waals surface area contributed by atoms with Gasteiger partial charge in [0, 0.05) is 19.0 Å². The van der Waals surface area contributed by atoms with Crippen molar-refractivity contribution >= 4 is 27.8 Å². The molecule has 1 saturated heterocycles. The zero-order chi connectivity index (χ0) is 17.0. The lowest BCUT2D eigenvalue weighted by molar-refractivity contribution is 0.0161. The molecule has 1 unspecified atom stereocenters. The van der Waals surface area contributed by atoms with Gasteiger partial charge in [-0.1, -0.05) is 12.8 Å². The first-order valence-corrected chi connectivity index (χ1v) is 8.84. The Labute approximate surface area is 145 Å². The van der Waals surface area contributed by atoms with E-state index in [1.54, 1.807) is 17.0 Å². The fourth-order valence-corrected chi connectivity index (χ4v) is 3.04. The number of halogens is 1. The summed E-state index contributed by atoms with van der Waals surface area (Å²) >= 11 is 3.20. The summed E-state index contributed by atoms with van der Waals surface area (Å²) < 4.78 is 11.4. The highest BCUT2D eigenvalue weighted by molar-refractivity contribution is 9.10. The molecule has 1 aliphatic heterocycles. The van der Waals surface area contributed by atoms with E-state index in [0.29, 0.717) is 17.0 Å². The molecule has 1 aromatic rings. The van der Waals surface area contributed by atoms with Crippen LogP contribution in [0.5, 0.6) is 0 Å². The summed E-state index contributed by atoms with van der Waals surface area (Å²) in [5, 5.41) is 0. The van der Waals surface area contributed by atoms with Crippen LogP contribution in [0.2, 0.25) is 0 Å². The Morgan fingerprint density at radius 2 is 2.04 bits per heavy atom. The second kappa shape index (κ2) is 7.51. The molecule has 2 heterocycles. The smallest absolute Gasteiger partial charge is 0.410 e. The minimum Gasteiger partial charge on any atom is -0.446 e. The number of ketones is 1. The van der Waals surface area contributed by atoms with Crippen molar-refractivity contribution in [2.75, 3.05) is 6.54 Å². The first-order chi connectivity index (χ1) is 10.8. The Morgan fingerprint density at radius 3 is 2.65 bits per heavy atom. The number of amides is 1. The maximum Gasteiger partial charge on any atom is 0.410 e. The van der Waals surface area contributed by atoms with Gasteiger partial charge in [0.1, 0.15) is 5.60 Å². The Kier molecular flexibility index (Phi) is 5.89. The van der Waals surface area contributed by atoms with Crippen LogP contribution in [0.15, 0.2) is 21.2 Å². The van der Waals surface area contributed by atoms with Crippen molar-refractivity contribution in [2.45, 2.75) is 64.5 Å². The number of furan rings is 1. The van der Waals surface area contributed by atoms with Gasteiger partial charge in [-0.3, -0.25) is 4.79 Å². The summed E-state index contributed by atoms with van der Waals surface area (Å²) in [6.45, 7) is 6.18. The van der Waals surface area contributed by atoms with Crippen molar-refractivity contribution in [2.24, 2.45) is 0 Å². The molecule has 0 spiro atoms. The number of nitrogens with zero attached hydrogens (tertiary/aromatic N) is 1. The summed E-state index contributed by atoms with van der Waals surface area (Å²) in [5.41, 5.74) is -0.538. The minimum atomic E-state index is -0.538. The maximum absolute atomic E-state index is 12.5. The second-order valence-electron chi connectivity index (χ2n) is 6.91. The number of Topliss-reactive ketones (excluding diaryl/α,β-unsaturated/α-hetero) is 1. The Hall–Kier alpha value is -1.30. The van der Waals surface area contributed by atoms with Gasteiger partial charge in [-0.2, -0.15) is 0 Å². The number of likely N-dealkylation sites (tertiary alicyclic amines) is 1. The second-order valence-corrected chi connectivity index (χ2v) is 7.69. The number of carbonyl (C=O) groups excluding carboxylic acids is 2. The lowest BCUT2D eigenvalue weighted by atomic mass is 10.0. The van der Waals surface area contributed by atoms with Gasteiger partial charge in [0.05, 0.1) is 0 Å². The third-order valence-corrected chi connectivity index (χ3v) is 4.20. The van der Waals surface area contributed by atoms with Crippen LogP contribution >= 0.6 is 15.9 Å². The van der Waals surface area contributed by atoms with Crippen molar-refractivity contribution in [3.63, 3.8) is 0 Å². The molecule has 2 rings (SSSR count). The van der Waals surface area contributed by atoms with E-state index in [2.05, 4.69) is 15.9 Å². The predicted molar refractivity (Wildman–Crippen MR) is 90.6 cm³/mol. The monoisotopic (exact) mass is 385 g/mol. The molecular weight excluding hydrogens is 362 g/mol. The molecule has 0 N–H and O–H groups in total. The molecule has 1 atom stereocenters. The van der Waals surface area contributed by atoms with Gasteiger partial charge in [0.2, 0.25) is 0 Å². The number of ether oxygens (including phenoxy) is 1. The van der Waals surface area contributed by atoms with E-state index in [1.165, 1.54) is 0 Å². The standard InChI is InChI=1S/C17H24BrNO4/c1-17(2,3)23-16(21)19-10-6-4-5-7-12(19)11-13(20)14-8-9-15(18)22-14/h8-9,12H,4-7,10-11H2,1-3H3. The van der Waals surface area contributed by atoms with Gasteiger partial charge in [-0.25, -0.2) is 4.79 Å². The molecule has 0 aliphatic carbocycles. The quantitative estimate of drug-likeness (QED) is 0.701. The van der Waals surface area contributed by atoms with Crippen LogP contribution in [-0.4, -0.2) is 35.0 Å². The fourth-order valence-electron chi connectivity index (χ4n) is 2.73. The van der Waals surface area contributed by atoms with Crippen LogP contribution in [0.3, 0.4) is 0 Å². The fraction of sp³-hybridized carbons (Fsp3) is 0.647. The van der Waals surface area contributed by atoms with E-state index in [-0.39, 0.29) is 24.3 Å². The molecule has 0 saturated carbocycles. The van der Waals surface area contributed by atoms with Gasteiger partial charge >= 0.3 is 6.09 Å². The number of hydrogen-bond acceptors (Lipinski definition) is 4. The van der Waals surface area contributed by atoms with Crippen molar-refractivity contribution < 1.29 is 18.7 Å². The normalized spacial score (nSPS) is 19.3. The topological polar surface area (TPSA) is 59.8 Å². The third kappa shape index (κ3) is 5.37. The van der Waals surface area contributed by atoms with Crippen molar-refractivity contribution in [3.8, 4) is 0 Å². The van der Waals surface area contributed by atoms with E-state index in [0.717, 1.165) is 25.7 Å². The summed E-state index contributed by atoms with van der Waals surface area (Å²) in [5.74, 6) is 0.237. The van der Waals surface area contributed by atoms with Crippen molar-refractivity contribution in [3.05, 3.63) is 22.6 Å². The summed E-state index contributed by atoms with van der Waals surface area (Å²) in [6.07, 6.45) is 3.76. The lowest BCUT2D eigenvalue weighted by Crippen LogP contribution is -2.44. The molecule has 1 aliphatic rings. The molecule has 0 aromatic carbocycles. The van der Waals surface area contributed by atoms with Crippen LogP contribution in [0.4, 0.5) is 4.79 Å². The molecule has 128 valence electrons. The Bertz CT molecular complexity index is 561. The molecule has 1 amide bonds. The first kappa shape index (κ1) is 18.0. The summed E-state index contributed by atoms with van der Waals surface area (Å²) in [7, 11) is 0. The van der Waals surface area contributed by atoms with Crippen LogP contribution in [-0.2, 0) is 4.74 Å². The van der Waals surface area contributed by atoms with Crippen LogP contribution in [0, 0.1) is 0 Å². The number of carbonyl (C=O) groups is 2. The van der Waals surface area contributed by atoms with Crippen LogP contribution < -0.4 is 0 Å². The molecule has 1 aromatic heterocycles. The SMILES string of the molecule is CC(C)(C)OC(=O)N1CCCCCC1CC(=O)c1ccc(Br)o1. The predicted octanol–water partition coefficient (Wildman–Crippen LogP) is 4.79. The minimum absolute atomic E-state index is 0.0869. The van der Waals surface area contributed by atoms with Gasteiger partial charge in [-0.05, 0) is 61.7 Å². The first-order valence-electron chi connectivity index (χ1n) is 8.04. The highest BCUT2D eigenvalue weighted by atomic mass is 79.9. The van der Waals surface area contributed by atoms with E-state index in [1.807, 2.05) is 20.8 Å². The van der Waals surface area contributed by atoms with E-state index < -0.39 is 5.60 Å². The van der Waals surface area contributed by atoms with Gasteiger partial charge < -0.3 is 14.1 Å². The summed E-state index contributed by atoms with van der Waals surface area (Å²) in [6, 6.07) is 3.22. The van der Waals surface area contributed by atoms with Crippen molar-refractivity contribution in [1.29, 1.82) is 0 Å². The van der Waals surface area contributed by atoms with Crippen LogP contribution in [0.1, 0.15) is 63.4 Å². The largest absolute Gasteiger partial charge is 0.446 e. The van der Waals surface area contributed by atoms with E-state index in [9.17, 15) is 9.59 Å². The van der Waals surface area contributed by atoms with Gasteiger partial charge in [0.25, 0.3) is 0 Å². The van der Waals surface area contributed by atoms with Crippen molar-refractivity contribution in [1.82, 2.24) is 4.90 Å². The Morgan fingerprint density at radius 1 is 1.30 bits per heavy atom. The zero-order valence-corrected chi connectivity index (χ0v) is 15.5. The molecule has 6 heteroatoms. The summed E-state index contributed by atoms with van der Waals surface area (Å²) in [4.78, 5) is 26.6. The molecule has 0 radical (unpaired) electrons. The Balaban J connectivity index is 2.08. The van der Waals surface area contributed by atoms with E-state index >= 15 is 0 Å². The van der Waals surface area contributed by atoms with Gasteiger partial charge in [-0.15, -0.1) is 0 Å². The van der Waals surface area contributed by atoms with Crippen LogP contribution in [0.25, 0.3) is 0 Å². The van der Waals surface area contributed by atoms with E-state index in [4.69, 9.17) is 9.15 Å². The maximum atomic E-state index is 12.5. The third-order valence-electron chi connectivity index (χ3n) is 3.77. The average Bonchev–Trinajstić information content (AvgIpc) is 2.73.